The monoisotopic (exact) mass is 526 g/mol. The number of rotatable bonds is 3. The lowest BCUT2D eigenvalue weighted by Gasteiger charge is -2.25. The van der Waals surface area contributed by atoms with Crippen molar-refractivity contribution in [2.45, 2.75) is 13.0 Å². The first kappa shape index (κ1) is 23.1. The highest BCUT2D eigenvalue weighted by molar-refractivity contribution is 7.07. The molecule has 0 radical (unpaired) electrons. The van der Waals surface area contributed by atoms with Crippen LogP contribution in [0.5, 0.6) is 0 Å². The minimum atomic E-state index is -0.723. The smallest absolute Gasteiger partial charge is 0.271 e. The number of para-hydroxylation sites is 1. The van der Waals surface area contributed by atoms with E-state index in [1.54, 1.807) is 37.3 Å². The summed E-state index contributed by atoms with van der Waals surface area (Å²) >= 11 is 7.33. The van der Waals surface area contributed by atoms with Crippen LogP contribution in [0.3, 0.4) is 0 Å². The van der Waals surface area contributed by atoms with E-state index in [4.69, 9.17) is 11.6 Å². The van der Waals surface area contributed by atoms with Crippen molar-refractivity contribution in [3.05, 3.63) is 126 Å². The first-order valence-electron chi connectivity index (χ1n) is 11.5. The second kappa shape index (κ2) is 8.99. The molecule has 2 N–H and O–H groups in total. The van der Waals surface area contributed by atoms with Crippen LogP contribution in [0.2, 0.25) is 5.02 Å². The lowest BCUT2D eigenvalue weighted by Crippen LogP contribution is -2.41. The largest absolute Gasteiger partial charge is 0.322 e. The Kier molecular flexibility index (Phi) is 5.62. The zero-order valence-electron chi connectivity index (χ0n) is 19.5. The van der Waals surface area contributed by atoms with Crippen molar-refractivity contribution in [1.82, 2.24) is 4.57 Å². The normalized spacial score (nSPS) is 17.6. The quantitative estimate of drug-likeness (QED) is 0.425. The molecular formula is C28H19ClN4O3S. The zero-order valence-corrected chi connectivity index (χ0v) is 21.1. The lowest BCUT2D eigenvalue weighted by molar-refractivity contribution is -0.113. The highest BCUT2D eigenvalue weighted by Gasteiger charge is 2.34. The van der Waals surface area contributed by atoms with Crippen molar-refractivity contribution >= 4 is 51.7 Å². The molecule has 0 saturated heterocycles. The third-order valence-corrected chi connectivity index (χ3v) is 7.63. The molecule has 2 aliphatic rings. The van der Waals surface area contributed by atoms with Crippen molar-refractivity contribution in [2.75, 3.05) is 10.6 Å². The van der Waals surface area contributed by atoms with Crippen LogP contribution in [0.4, 0.5) is 11.4 Å². The average Bonchev–Trinajstić information content (AvgIpc) is 3.38. The minimum Gasteiger partial charge on any atom is -0.322 e. The summed E-state index contributed by atoms with van der Waals surface area (Å²) in [5.74, 6) is -0.730. The van der Waals surface area contributed by atoms with Crippen molar-refractivity contribution < 1.29 is 9.59 Å². The Hall–Kier alpha value is -4.27. The summed E-state index contributed by atoms with van der Waals surface area (Å²) < 4.78 is 1.75. The van der Waals surface area contributed by atoms with Gasteiger partial charge in [0.05, 0.1) is 22.9 Å². The van der Waals surface area contributed by atoms with E-state index >= 15 is 0 Å². The minimum absolute atomic E-state index is 0.246. The molecule has 3 aromatic carbocycles. The third-order valence-electron chi connectivity index (χ3n) is 6.34. The topological polar surface area (TPSA) is 92.6 Å². The van der Waals surface area contributed by atoms with Crippen LogP contribution in [0.25, 0.3) is 5.57 Å². The highest BCUT2D eigenvalue weighted by Crippen LogP contribution is 2.33. The lowest BCUT2D eigenvalue weighted by atomic mass is 9.95. The van der Waals surface area contributed by atoms with Gasteiger partial charge in [0.25, 0.3) is 17.4 Å². The number of carbonyl (C=O) groups excluding carboxylic acids is 2. The molecule has 3 heterocycles. The van der Waals surface area contributed by atoms with Gasteiger partial charge >= 0.3 is 0 Å². The van der Waals surface area contributed by atoms with E-state index in [0.717, 1.165) is 16.9 Å². The molecule has 2 aliphatic heterocycles. The molecule has 6 rings (SSSR count). The van der Waals surface area contributed by atoms with E-state index in [9.17, 15) is 14.4 Å². The fourth-order valence-corrected chi connectivity index (χ4v) is 6.01. The molecule has 2 amide bonds. The number of allylic oxidation sites excluding steroid dienone is 1. The summed E-state index contributed by atoms with van der Waals surface area (Å²) in [7, 11) is 0. The molecule has 4 aromatic rings. The Bertz CT molecular complexity index is 1810. The van der Waals surface area contributed by atoms with Gasteiger partial charge in [-0.2, -0.15) is 0 Å². The number of thiazole rings is 1. The second-order valence-electron chi connectivity index (χ2n) is 8.65. The Labute approximate surface area is 220 Å². The number of amides is 2. The second-order valence-corrected chi connectivity index (χ2v) is 10.1. The maximum atomic E-state index is 14.0. The number of benzene rings is 3. The summed E-state index contributed by atoms with van der Waals surface area (Å²) in [6.07, 6.45) is 0. The number of hydrogen-bond acceptors (Lipinski definition) is 5. The number of fused-ring (bicyclic) bond motifs is 2. The number of aromatic nitrogens is 1. The van der Waals surface area contributed by atoms with Crippen LogP contribution >= 0.6 is 22.9 Å². The van der Waals surface area contributed by atoms with Gasteiger partial charge in [0.1, 0.15) is 4.53 Å². The summed E-state index contributed by atoms with van der Waals surface area (Å²) in [6.45, 7) is 1.76. The first-order chi connectivity index (χ1) is 17.9. The fourth-order valence-electron chi connectivity index (χ4n) is 4.70. The van der Waals surface area contributed by atoms with Crippen LogP contribution in [0.15, 0.2) is 99.9 Å². The number of nitrogens with one attached hydrogen (secondary N) is 2. The Morgan fingerprint density at radius 1 is 1.03 bits per heavy atom. The Balaban J connectivity index is 1.58. The van der Waals surface area contributed by atoms with Gasteiger partial charge in [0.15, 0.2) is 4.80 Å². The number of carbonyl (C=O) groups is 2. The number of hydrogen-bond donors (Lipinski definition) is 2. The van der Waals surface area contributed by atoms with Gasteiger partial charge in [-0.1, -0.05) is 71.5 Å². The van der Waals surface area contributed by atoms with E-state index < -0.39 is 11.6 Å². The van der Waals surface area contributed by atoms with Crippen molar-refractivity contribution in [1.29, 1.82) is 0 Å². The molecular weight excluding hydrogens is 508 g/mol. The van der Waals surface area contributed by atoms with Crippen molar-refractivity contribution in [2.24, 2.45) is 4.99 Å². The van der Waals surface area contributed by atoms with Crippen molar-refractivity contribution in [3.63, 3.8) is 0 Å². The van der Waals surface area contributed by atoms with Gasteiger partial charge in [-0.3, -0.25) is 19.0 Å². The van der Waals surface area contributed by atoms with Crippen molar-refractivity contribution in [3.8, 4) is 0 Å². The third kappa shape index (κ3) is 3.91. The van der Waals surface area contributed by atoms with E-state index in [0.29, 0.717) is 38.0 Å². The number of anilines is 2. The molecule has 0 fully saturated rings. The average molecular weight is 527 g/mol. The number of nitrogens with zero attached hydrogens (tertiary/aromatic N) is 2. The molecule has 0 aliphatic carbocycles. The molecule has 1 atom stereocenters. The van der Waals surface area contributed by atoms with Gasteiger partial charge in [-0.25, -0.2) is 4.99 Å². The molecule has 1 aromatic heterocycles. The zero-order chi connectivity index (χ0) is 25.7. The highest BCUT2D eigenvalue weighted by atomic mass is 35.5. The first-order valence-corrected chi connectivity index (χ1v) is 12.7. The molecule has 37 heavy (non-hydrogen) atoms. The van der Waals surface area contributed by atoms with Crippen LogP contribution in [0, 0.1) is 0 Å². The van der Waals surface area contributed by atoms with E-state index in [2.05, 4.69) is 15.6 Å². The van der Waals surface area contributed by atoms with Crippen LogP contribution in [0.1, 0.15) is 24.1 Å². The fraction of sp³-hybridized carbons (Fsp3) is 0.0714. The molecule has 9 heteroatoms. The van der Waals surface area contributed by atoms with Crippen LogP contribution < -0.4 is 25.5 Å². The SMILES string of the molecule is CC1=C(C(=O)Nc2ccccc2)[C@@H](c2ccccc2)n2c(s/c(=C3\C(=O)Nc4ccc(Cl)cc43)c2=O)=N1. The standard InChI is InChI=1S/C28H19ClN4O3S/c1-15-21(25(34)31-18-10-6-3-7-11-18)23(16-8-4-2-5-9-16)33-27(36)24(37-28(33)30-15)22-19-14-17(29)12-13-20(19)32-26(22)35/h2-14,23H,1H3,(H,31,34)(H,32,35)/b24-22-/t23-/m1/s1. The molecule has 182 valence electrons. The van der Waals surface area contributed by atoms with Gasteiger partial charge in [0.2, 0.25) is 0 Å². The molecule has 0 unspecified atom stereocenters. The maximum Gasteiger partial charge on any atom is 0.271 e. The molecule has 7 nitrogen and oxygen atoms in total. The van der Waals surface area contributed by atoms with E-state index in [-0.39, 0.29) is 21.9 Å². The van der Waals surface area contributed by atoms with Gasteiger partial charge in [0, 0.05) is 22.0 Å². The van der Waals surface area contributed by atoms with Crippen LogP contribution in [-0.4, -0.2) is 16.4 Å². The predicted octanol–water partition coefficient (Wildman–Crippen LogP) is 3.85. The predicted molar refractivity (Wildman–Crippen MR) is 144 cm³/mol. The number of halogens is 1. The summed E-state index contributed by atoms with van der Waals surface area (Å²) in [5, 5.41) is 6.19. The Morgan fingerprint density at radius 3 is 2.46 bits per heavy atom. The molecule has 0 saturated carbocycles. The molecule has 0 bridgehead atoms. The summed E-state index contributed by atoms with van der Waals surface area (Å²) in [5.41, 5.74) is 3.27. The molecule has 0 spiro atoms. The van der Waals surface area contributed by atoms with Gasteiger partial charge < -0.3 is 10.6 Å². The summed E-state index contributed by atoms with van der Waals surface area (Å²) in [4.78, 5) is 45.6. The Morgan fingerprint density at radius 2 is 1.73 bits per heavy atom. The maximum absolute atomic E-state index is 14.0. The van der Waals surface area contributed by atoms with E-state index in [1.807, 2.05) is 48.5 Å². The van der Waals surface area contributed by atoms with Gasteiger partial charge in [-0.05, 0) is 42.8 Å². The van der Waals surface area contributed by atoms with E-state index in [1.165, 1.54) is 4.57 Å². The van der Waals surface area contributed by atoms with Gasteiger partial charge in [-0.15, -0.1) is 0 Å². The van der Waals surface area contributed by atoms with Crippen LogP contribution in [-0.2, 0) is 9.59 Å². The summed E-state index contributed by atoms with van der Waals surface area (Å²) in [6, 6.07) is 22.8.